The molecule has 0 saturated heterocycles. The predicted molar refractivity (Wildman–Crippen MR) is 193 cm³/mol. The fraction of sp³-hybridized carbons (Fsp3) is 0.256. The zero-order chi connectivity index (χ0) is 35.1. The molecule has 2 aromatic heterocycles. The minimum atomic E-state index is -1.14. The van der Waals surface area contributed by atoms with Crippen molar-refractivity contribution in [3.63, 3.8) is 0 Å². The van der Waals surface area contributed by atoms with E-state index in [0.29, 0.717) is 28.1 Å². The van der Waals surface area contributed by atoms with E-state index in [4.69, 9.17) is 16.3 Å². The number of nitrogens with one attached hydrogen (secondary N) is 1. The molecule has 0 aliphatic rings. The Kier molecular flexibility index (Phi) is 11.3. The maximum Gasteiger partial charge on any atom is 0.325 e. The number of ketones is 1. The molecule has 3 aromatic carbocycles. The number of aromatic nitrogens is 2. The van der Waals surface area contributed by atoms with Gasteiger partial charge in [-0.25, -0.2) is 9.97 Å². The fourth-order valence-electron chi connectivity index (χ4n) is 5.10. The molecule has 5 rings (SSSR count). The standard InChI is InChI=1S/C39H38ClN3O5S/c1-24(38(46)47)43-37(45)29(20-32(44)34-16-17-35(49-34)39(2,3)4)18-25-10-12-27(13-11-25)36-41-21-30(22-42-36)28-14-15-33(31(40)19-28)48-23-26-8-6-5-7-9-26/h5-17,19,21-22,24,29H,18,20,23H2,1-4H3,(H,43,45)(H,46,47)/t24-,29-/m1/s1. The van der Waals surface area contributed by atoms with Crippen LogP contribution in [0.1, 0.15) is 59.8 Å². The van der Waals surface area contributed by atoms with Gasteiger partial charge in [0.05, 0.1) is 9.90 Å². The number of carboxylic acid groups (broad SMARTS) is 1. The normalized spacial score (nSPS) is 12.6. The van der Waals surface area contributed by atoms with Crippen molar-refractivity contribution in [2.24, 2.45) is 5.92 Å². The van der Waals surface area contributed by atoms with Gasteiger partial charge in [-0.15, -0.1) is 11.3 Å². The van der Waals surface area contributed by atoms with E-state index in [1.807, 2.05) is 78.9 Å². The van der Waals surface area contributed by atoms with Gasteiger partial charge in [0.1, 0.15) is 18.4 Å². The first kappa shape index (κ1) is 35.4. The Hall–Kier alpha value is -4.86. The highest BCUT2D eigenvalue weighted by Gasteiger charge is 2.27. The molecule has 2 atom stereocenters. The summed E-state index contributed by atoms with van der Waals surface area (Å²) >= 11 is 7.95. The molecule has 0 spiro atoms. The number of benzene rings is 3. The SMILES string of the molecule is C[C@@H](NC(=O)[C@@H](CC(=O)c1ccc(C(C)(C)C)s1)Cc1ccc(-c2ncc(-c3ccc(OCc4ccccc4)c(Cl)c3)cn2)cc1)C(=O)O. The van der Waals surface area contributed by atoms with E-state index < -0.39 is 23.8 Å². The molecular weight excluding hydrogens is 658 g/mol. The molecule has 0 aliphatic heterocycles. The number of amides is 1. The van der Waals surface area contributed by atoms with Crippen LogP contribution in [0.2, 0.25) is 5.02 Å². The molecule has 0 unspecified atom stereocenters. The van der Waals surface area contributed by atoms with Crippen molar-refractivity contribution in [3.05, 3.63) is 123 Å². The van der Waals surface area contributed by atoms with Gasteiger partial charge in [-0.3, -0.25) is 14.4 Å². The Morgan fingerprint density at radius 2 is 1.55 bits per heavy atom. The Morgan fingerprint density at radius 3 is 2.16 bits per heavy atom. The van der Waals surface area contributed by atoms with Crippen molar-refractivity contribution in [3.8, 4) is 28.3 Å². The lowest BCUT2D eigenvalue weighted by Crippen LogP contribution is -2.42. The van der Waals surface area contributed by atoms with Gasteiger partial charge in [0.15, 0.2) is 11.6 Å². The third-order valence-corrected chi connectivity index (χ3v) is 9.85. The summed E-state index contributed by atoms with van der Waals surface area (Å²) in [6.07, 6.45) is 3.68. The van der Waals surface area contributed by atoms with Gasteiger partial charge in [0, 0.05) is 40.7 Å². The first-order valence-electron chi connectivity index (χ1n) is 15.9. The molecule has 10 heteroatoms. The molecule has 0 fully saturated rings. The number of carboxylic acids is 1. The van der Waals surface area contributed by atoms with Crippen LogP contribution in [0.3, 0.4) is 0 Å². The number of hydrogen-bond acceptors (Lipinski definition) is 7. The lowest BCUT2D eigenvalue weighted by molar-refractivity contribution is -0.141. The molecule has 0 saturated carbocycles. The van der Waals surface area contributed by atoms with Crippen LogP contribution in [0, 0.1) is 5.92 Å². The molecule has 0 bridgehead atoms. The van der Waals surface area contributed by atoms with Crippen molar-refractivity contribution in [2.75, 3.05) is 0 Å². The highest BCUT2D eigenvalue weighted by molar-refractivity contribution is 7.14. The average Bonchev–Trinajstić information content (AvgIpc) is 3.60. The van der Waals surface area contributed by atoms with Crippen LogP contribution < -0.4 is 10.1 Å². The van der Waals surface area contributed by atoms with E-state index in [2.05, 4.69) is 36.1 Å². The number of nitrogens with zero attached hydrogens (tertiary/aromatic N) is 2. The third-order valence-electron chi connectivity index (χ3n) is 8.00. The summed E-state index contributed by atoms with van der Waals surface area (Å²) in [6.45, 7) is 8.06. The Morgan fingerprint density at radius 1 is 0.878 bits per heavy atom. The first-order chi connectivity index (χ1) is 23.4. The van der Waals surface area contributed by atoms with Crippen LogP contribution in [0.15, 0.2) is 97.3 Å². The van der Waals surface area contributed by atoms with Gasteiger partial charge in [0.25, 0.3) is 0 Å². The molecule has 1 amide bonds. The van der Waals surface area contributed by atoms with Crippen LogP contribution in [-0.4, -0.2) is 38.8 Å². The van der Waals surface area contributed by atoms with Gasteiger partial charge in [-0.2, -0.15) is 0 Å². The summed E-state index contributed by atoms with van der Waals surface area (Å²) < 4.78 is 5.89. The maximum absolute atomic E-state index is 13.3. The minimum absolute atomic E-state index is 0.0429. The van der Waals surface area contributed by atoms with Crippen molar-refractivity contribution in [1.82, 2.24) is 15.3 Å². The van der Waals surface area contributed by atoms with E-state index >= 15 is 0 Å². The van der Waals surface area contributed by atoms with Crippen molar-refractivity contribution >= 4 is 40.6 Å². The zero-order valence-corrected chi connectivity index (χ0v) is 29.3. The summed E-state index contributed by atoms with van der Waals surface area (Å²) in [4.78, 5) is 48.7. The van der Waals surface area contributed by atoms with Crippen LogP contribution >= 0.6 is 22.9 Å². The van der Waals surface area contributed by atoms with E-state index in [9.17, 15) is 19.5 Å². The number of ether oxygens (including phenoxy) is 1. The summed E-state index contributed by atoms with van der Waals surface area (Å²) in [5, 5.41) is 12.4. The molecule has 252 valence electrons. The van der Waals surface area contributed by atoms with Crippen molar-refractivity contribution in [1.29, 1.82) is 0 Å². The van der Waals surface area contributed by atoms with Gasteiger partial charge in [-0.1, -0.05) is 93.0 Å². The van der Waals surface area contributed by atoms with Gasteiger partial charge >= 0.3 is 5.97 Å². The fourth-order valence-corrected chi connectivity index (χ4v) is 6.35. The second-order valence-corrected chi connectivity index (χ2v) is 14.4. The van der Waals surface area contributed by atoms with E-state index in [0.717, 1.165) is 32.7 Å². The molecule has 0 aliphatic carbocycles. The number of carbonyl (C=O) groups is 3. The number of Topliss-reactive ketones (excluding diaryl/α,β-unsaturated/α-hetero) is 1. The molecule has 0 radical (unpaired) electrons. The first-order valence-corrected chi connectivity index (χ1v) is 17.1. The minimum Gasteiger partial charge on any atom is -0.487 e. The largest absolute Gasteiger partial charge is 0.487 e. The van der Waals surface area contributed by atoms with Crippen LogP contribution in [0.25, 0.3) is 22.5 Å². The molecule has 2 heterocycles. The molecular formula is C39H38ClN3O5S. The third kappa shape index (κ3) is 9.40. The number of aliphatic carboxylic acids is 1. The van der Waals surface area contributed by atoms with Crippen LogP contribution in [0.4, 0.5) is 0 Å². The number of carbonyl (C=O) groups excluding carboxylic acids is 2. The van der Waals surface area contributed by atoms with Crippen molar-refractivity contribution < 1.29 is 24.2 Å². The number of hydrogen-bond donors (Lipinski definition) is 2. The smallest absolute Gasteiger partial charge is 0.325 e. The summed E-state index contributed by atoms with van der Waals surface area (Å²) in [7, 11) is 0. The molecule has 5 aromatic rings. The van der Waals surface area contributed by atoms with Gasteiger partial charge < -0.3 is 15.2 Å². The Bertz CT molecular complexity index is 1920. The van der Waals surface area contributed by atoms with Crippen molar-refractivity contribution in [2.45, 2.75) is 58.6 Å². The quantitative estimate of drug-likeness (QED) is 0.119. The second-order valence-electron chi connectivity index (χ2n) is 12.9. The predicted octanol–water partition coefficient (Wildman–Crippen LogP) is 8.42. The second kappa shape index (κ2) is 15.6. The molecule has 49 heavy (non-hydrogen) atoms. The lowest BCUT2D eigenvalue weighted by atomic mass is 9.92. The Balaban J connectivity index is 1.26. The van der Waals surface area contributed by atoms with E-state index in [-0.39, 0.29) is 24.0 Å². The number of rotatable bonds is 13. The highest BCUT2D eigenvalue weighted by Crippen LogP contribution is 2.32. The summed E-state index contributed by atoms with van der Waals surface area (Å²) in [5.41, 5.74) is 4.21. The highest BCUT2D eigenvalue weighted by atomic mass is 35.5. The Labute approximate surface area is 295 Å². The molecule has 8 nitrogen and oxygen atoms in total. The topological polar surface area (TPSA) is 118 Å². The monoisotopic (exact) mass is 695 g/mol. The number of halogens is 1. The van der Waals surface area contributed by atoms with Crippen LogP contribution in [-0.2, 0) is 28.0 Å². The van der Waals surface area contributed by atoms with Gasteiger partial charge in [0.2, 0.25) is 5.91 Å². The summed E-state index contributed by atoms with van der Waals surface area (Å²) in [6, 6.07) is 25.6. The van der Waals surface area contributed by atoms with Crippen LogP contribution in [0.5, 0.6) is 5.75 Å². The summed E-state index contributed by atoms with van der Waals surface area (Å²) in [5.74, 6) is -1.41. The average molecular weight is 696 g/mol. The molecule has 2 N–H and O–H groups in total. The van der Waals surface area contributed by atoms with E-state index in [1.54, 1.807) is 18.5 Å². The lowest BCUT2D eigenvalue weighted by Gasteiger charge is -2.18. The maximum atomic E-state index is 13.3. The van der Waals surface area contributed by atoms with E-state index in [1.165, 1.54) is 18.3 Å². The van der Waals surface area contributed by atoms with Gasteiger partial charge in [-0.05, 0) is 59.7 Å². The number of thiophene rings is 1. The zero-order valence-electron chi connectivity index (χ0n) is 27.8.